The zero-order chi connectivity index (χ0) is 18.7. The van der Waals surface area contributed by atoms with E-state index in [9.17, 15) is 19.2 Å². The molecule has 0 fully saturated rings. The Morgan fingerprint density at radius 2 is 1.42 bits per heavy atom. The summed E-state index contributed by atoms with van der Waals surface area (Å²) >= 11 is 0. The van der Waals surface area contributed by atoms with E-state index in [0.717, 1.165) is 15.4 Å². The molecule has 0 saturated heterocycles. The number of hydrogen-bond donors (Lipinski definition) is 1. The van der Waals surface area contributed by atoms with Gasteiger partial charge in [0.25, 0.3) is 11.8 Å². The first kappa shape index (κ1) is 17.3. The van der Waals surface area contributed by atoms with Crippen molar-refractivity contribution in [3.05, 3.63) is 71.3 Å². The van der Waals surface area contributed by atoms with Crippen molar-refractivity contribution in [2.45, 2.75) is 6.54 Å². The quantitative estimate of drug-likeness (QED) is 0.793. The molecule has 7 nitrogen and oxygen atoms in total. The molecule has 0 spiro atoms. The third-order valence-corrected chi connectivity index (χ3v) is 4.07. The molecule has 0 aromatic heterocycles. The normalized spacial score (nSPS) is 12.8. The number of aliphatic carboxylic acids is 1. The van der Waals surface area contributed by atoms with E-state index in [1.807, 2.05) is 6.07 Å². The number of carboxylic acid groups (broad SMARTS) is 1. The van der Waals surface area contributed by atoms with Crippen molar-refractivity contribution in [1.29, 1.82) is 0 Å². The van der Waals surface area contributed by atoms with Crippen molar-refractivity contribution in [2.24, 2.45) is 0 Å². The Kier molecular flexibility index (Phi) is 4.79. The molecule has 1 N–H and O–H groups in total. The van der Waals surface area contributed by atoms with Crippen molar-refractivity contribution in [2.75, 3.05) is 13.1 Å². The van der Waals surface area contributed by atoms with Crippen LogP contribution in [0.4, 0.5) is 0 Å². The fourth-order valence-electron chi connectivity index (χ4n) is 2.82. The summed E-state index contributed by atoms with van der Waals surface area (Å²) < 4.78 is 0. The van der Waals surface area contributed by atoms with Crippen LogP contribution in [0.15, 0.2) is 54.6 Å². The van der Waals surface area contributed by atoms with E-state index in [-0.39, 0.29) is 17.7 Å². The SMILES string of the molecule is O=C(O)CN(Cc1ccccc1)C(=O)CN1C(=O)c2ccccc2C1=O. The molecular weight excluding hydrogens is 336 g/mol. The van der Waals surface area contributed by atoms with Crippen LogP contribution in [0, 0.1) is 0 Å². The van der Waals surface area contributed by atoms with Crippen LogP contribution in [0.25, 0.3) is 0 Å². The molecule has 0 aliphatic carbocycles. The zero-order valence-electron chi connectivity index (χ0n) is 13.8. The summed E-state index contributed by atoms with van der Waals surface area (Å²) in [5.41, 5.74) is 1.25. The lowest BCUT2D eigenvalue weighted by molar-refractivity contribution is -0.144. The highest BCUT2D eigenvalue weighted by molar-refractivity contribution is 6.22. The van der Waals surface area contributed by atoms with Gasteiger partial charge in [-0.05, 0) is 17.7 Å². The van der Waals surface area contributed by atoms with Gasteiger partial charge in [-0.1, -0.05) is 42.5 Å². The maximum Gasteiger partial charge on any atom is 0.323 e. The highest BCUT2D eigenvalue weighted by Gasteiger charge is 2.37. The minimum absolute atomic E-state index is 0.0785. The van der Waals surface area contributed by atoms with Gasteiger partial charge >= 0.3 is 5.97 Å². The van der Waals surface area contributed by atoms with Crippen LogP contribution in [-0.4, -0.2) is 51.7 Å². The number of nitrogens with zero attached hydrogens (tertiary/aromatic N) is 2. The fraction of sp³-hybridized carbons (Fsp3) is 0.158. The van der Waals surface area contributed by atoms with Crippen molar-refractivity contribution in [3.63, 3.8) is 0 Å². The summed E-state index contributed by atoms with van der Waals surface area (Å²) in [5, 5.41) is 9.08. The van der Waals surface area contributed by atoms with Gasteiger partial charge in [0.15, 0.2) is 0 Å². The molecule has 0 bridgehead atoms. The Hall–Kier alpha value is -3.48. The Labute approximate surface area is 149 Å². The van der Waals surface area contributed by atoms with E-state index >= 15 is 0 Å². The number of carboxylic acids is 1. The standard InChI is InChI=1S/C19H16N2O5/c22-16(20(12-17(23)24)10-13-6-2-1-3-7-13)11-21-18(25)14-8-4-5-9-15(14)19(21)26/h1-9H,10-12H2,(H,23,24). The number of hydrogen-bond acceptors (Lipinski definition) is 4. The Balaban J connectivity index is 1.77. The monoisotopic (exact) mass is 352 g/mol. The molecule has 1 aliphatic rings. The van der Waals surface area contributed by atoms with Crippen molar-refractivity contribution >= 4 is 23.7 Å². The molecule has 2 aromatic rings. The number of carbonyl (C=O) groups is 4. The Bertz CT molecular complexity index is 844. The third kappa shape index (κ3) is 3.46. The predicted molar refractivity (Wildman–Crippen MR) is 91.3 cm³/mol. The van der Waals surface area contributed by atoms with E-state index < -0.39 is 36.8 Å². The Morgan fingerprint density at radius 1 is 0.885 bits per heavy atom. The van der Waals surface area contributed by atoms with Gasteiger partial charge in [0.05, 0.1) is 11.1 Å². The first-order valence-corrected chi connectivity index (χ1v) is 7.96. The smallest absolute Gasteiger partial charge is 0.323 e. The van der Waals surface area contributed by atoms with Crippen molar-refractivity contribution < 1.29 is 24.3 Å². The first-order valence-electron chi connectivity index (χ1n) is 7.96. The van der Waals surface area contributed by atoms with E-state index in [0.29, 0.717) is 0 Å². The zero-order valence-corrected chi connectivity index (χ0v) is 13.8. The summed E-state index contributed by atoms with van der Waals surface area (Å²) in [5.74, 6) is -2.87. The number of amides is 3. The molecular formula is C19H16N2O5. The molecule has 1 heterocycles. The van der Waals surface area contributed by atoms with Crippen LogP contribution in [0.2, 0.25) is 0 Å². The van der Waals surface area contributed by atoms with Crippen LogP contribution in [0.3, 0.4) is 0 Å². The van der Waals surface area contributed by atoms with E-state index in [1.165, 1.54) is 12.1 Å². The predicted octanol–water partition coefficient (Wildman–Crippen LogP) is 1.40. The molecule has 26 heavy (non-hydrogen) atoms. The van der Waals surface area contributed by atoms with Crippen LogP contribution < -0.4 is 0 Å². The van der Waals surface area contributed by atoms with Crippen LogP contribution in [0.1, 0.15) is 26.3 Å². The van der Waals surface area contributed by atoms with Gasteiger partial charge in [0.2, 0.25) is 5.91 Å². The van der Waals surface area contributed by atoms with Gasteiger partial charge in [0.1, 0.15) is 13.1 Å². The average molecular weight is 352 g/mol. The van der Waals surface area contributed by atoms with Gasteiger partial charge < -0.3 is 10.0 Å². The van der Waals surface area contributed by atoms with Crippen LogP contribution in [0.5, 0.6) is 0 Å². The van der Waals surface area contributed by atoms with Gasteiger partial charge in [0, 0.05) is 6.54 Å². The lowest BCUT2D eigenvalue weighted by Crippen LogP contribution is -2.44. The molecule has 3 amide bonds. The number of fused-ring (bicyclic) bond motifs is 1. The summed E-state index contributed by atoms with van der Waals surface area (Å²) in [4.78, 5) is 50.4. The molecule has 0 saturated carbocycles. The van der Waals surface area contributed by atoms with E-state index in [1.54, 1.807) is 36.4 Å². The average Bonchev–Trinajstić information content (AvgIpc) is 2.87. The van der Waals surface area contributed by atoms with Crippen LogP contribution in [-0.2, 0) is 16.1 Å². The molecule has 0 unspecified atom stereocenters. The van der Waals surface area contributed by atoms with Crippen molar-refractivity contribution in [3.8, 4) is 0 Å². The fourth-order valence-corrected chi connectivity index (χ4v) is 2.82. The molecule has 3 rings (SSSR count). The molecule has 0 atom stereocenters. The molecule has 2 aromatic carbocycles. The number of carbonyl (C=O) groups excluding carboxylic acids is 3. The second-order valence-corrected chi connectivity index (χ2v) is 5.87. The second kappa shape index (κ2) is 7.18. The van der Waals surface area contributed by atoms with Gasteiger partial charge in [-0.25, -0.2) is 0 Å². The maximum absolute atomic E-state index is 12.6. The highest BCUT2D eigenvalue weighted by atomic mass is 16.4. The van der Waals surface area contributed by atoms with Gasteiger partial charge in [-0.2, -0.15) is 0 Å². The topological polar surface area (TPSA) is 95.0 Å². The second-order valence-electron chi connectivity index (χ2n) is 5.87. The van der Waals surface area contributed by atoms with E-state index in [4.69, 9.17) is 5.11 Å². The van der Waals surface area contributed by atoms with Crippen LogP contribution >= 0.6 is 0 Å². The molecule has 0 radical (unpaired) electrons. The third-order valence-electron chi connectivity index (χ3n) is 4.07. The largest absolute Gasteiger partial charge is 0.480 e. The Morgan fingerprint density at radius 3 is 1.96 bits per heavy atom. The summed E-state index contributed by atoms with van der Waals surface area (Å²) in [6.07, 6.45) is 0. The molecule has 132 valence electrons. The minimum atomic E-state index is -1.17. The lowest BCUT2D eigenvalue weighted by Gasteiger charge is -2.23. The molecule has 7 heteroatoms. The summed E-state index contributed by atoms with van der Waals surface area (Å²) in [6.45, 7) is -0.932. The van der Waals surface area contributed by atoms with Gasteiger partial charge in [-0.3, -0.25) is 24.1 Å². The maximum atomic E-state index is 12.6. The highest BCUT2D eigenvalue weighted by Crippen LogP contribution is 2.22. The van der Waals surface area contributed by atoms with E-state index in [2.05, 4.69) is 0 Å². The summed E-state index contributed by atoms with van der Waals surface area (Å²) in [6, 6.07) is 15.2. The van der Waals surface area contributed by atoms with Crippen molar-refractivity contribution in [1.82, 2.24) is 9.80 Å². The number of rotatable bonds is 6. The first-order chi connectivity index (χ1) is 12.5. The molecule has 1 aliphatic heterocycles. The number of benzene rings is 2. The van der Waals surface area contributed by atoms with Gasteiger partial charge in [-0.15, -0.1) is 0 Å². The number of imide groups is 1. The minimum Gasteiger partial charge on any atom is -0.480 e. The summed E-state index contributed by atoms with van der Waals surface area (Å²) in [7, 11) is 0. The lowest BCUT2D eigenvalue weighted by atomic mass is 10.1.